The molecule has 5 N–H and O–H groups in total. The van der Waals surface area contributed by atoms with Crippen molar-refractivity contribution in [1.29, 1.82) is 0 Å². The lowest BCUT2D eigenvalue weighted by Crippen LogP contribution is -2.23. The van der Waals surface area contributed by atoms with Crippen molar-refractivity contribution in [2.75, 3.05) is 5.73 Å². The molecule has 6 heteroatoms. The van der Waals surface area contributed by atoms with Gasteiger partial charge in [0.15, 0.2) is 0 Å². The molecule has 2 rings (SSSR count). The summed E-state index contributed by atoms with van der Waals surface area (Å²) in [6.45, 7) is 0.420. The van der Waals surface area contributed by atoms with Crippen molar-refractivity contribution in [2.45, 2.75) is 13.2 Å². The molecule has 94 valence electrons. The quantitative estimate of drug-likeness (QED) is 0.627. The van der Waals surface area contributed by atoms with Gasteiger partial charge in [0.05, 0.1) is 6.61 Å². The van der Waals surface area contributed by atoms with Crippen LogP contribution in [0.4, 0.5) is 5.82 Å². The van der Waals surface area contributed by atoms with Gasteiger partial charge in [0, 0.05) is 12.6 Å². The molecule has 0 unspecified atom stereocenters. The molecule has 18 heavy (non-hydrogen) atoms. The van der Waals surface area contributed by atoms with Crippen LogP contribution in [-0.2, 0) is 13.2 Å². The van der Waals surface area contributed by atoms with Crippen molar-refractivity contribution in [3.63, 3.8) is 0 Å². The van der Waals surface area contributed by atoms with Crippen molar-refractivity contribution < 1.29 is 9.90 Å². The molecule has 0 fully saturated rings. The van der Waals surface area contributed by atoms with Crippen molar-refractivity contribution in [1.82, 2.24) is 15.5 Å². The van der Waals surface area contributed by atoms with Gasteiger partial charge in [-0.15, -0.1) is 0 Å². The summed E-state index contributed by atoms with van der Waals surface area (Å²) in [7, 11) is 0. The molecule has 0 radical (unpaired) electrons. The van der Waals surface area contributed by atoms with Crippen LogP contribution in [0.15, 0.2) is 30.3 Å². The highest BCUT2D eigenvalue weighted by atomic mass is 16.3. The third-order valence-electron chi connectivity index (χ3n) is 2.50. The Balaban J connectivity index is 1.92. The standard InChI is InChI=1S/C12H14N4O2/c13-11-5-10(15-16-11)12(18)14-6-8-1-3-9(7-17)4-2-8/h1-5,17H,6-7H2,(H,14,18)(H3,13,15,16). The Kier molecular flexibility index (Phi) is 3.59. The van der Waals surface area contributed by atoms with Crippen LogP contribution in [-0.4, -0.2) is 21.2 Å². The van der Waals surface area contributed by atoms with Crippen LogP contribution in [0.25, 0.3) is 0 Å². The fourth-order valence-electron chi connectivity index (χ4n) is 1.49. The zero-order valence-electron chi connectivity index (χ0n) is 9.68. The van der Waals surface area contributed by atoms with E-state index in [9.17, 15) is 4.79 Å². The summed E-state index contributed by atoms with van der Waals surface area (Å²) in [5.41, 5.74) is 7.53. The number of amides is 1. The SMILES string of the molecule is Nc1cc(C(=O)NCc2ccc(CO)cc2)[nH]n1. The first-order valence-electron chi connectivity index (χ1n) is 5.47. The molecular formula is C12H14N4O2. The average Bonchev–Trinajstić information content (AvgIpc) is 2.83. The summed E-state index contributed by atoms with van der Waals surface area (Å²) in [5.74, 6) is 0.0258. The number of carbonyl (C=O) groups is 1. The molecule has 1 amide bonds. The second-order valence-electron chi connectivity index (χ2n) is 3.86. The van der Waals surface area contributed by atoms with Gasteiger partial charge in [0.2, 0.25) is 0 Å². The number of nitrogens with two attached hydrogens (primary N) is 1. The highest BCUT2D eigenvalue weighted by Crippen LogP contribution is 2.05. The number of nitrogens with one attached hydrogen (secondary N) is 2. The Morgan fingerprint density at radius 3 is 2.56 bits per heavy atom. The number of aliphatic hydroxyl groups excluding tert-OH is 1. The van der Waals surface area contributed by atoms with Crippen LogP contribution in [0.3, 0.4) is 0 Å². The predicted octanol–water partition coefficient (Wildman–Crippen LogP) is 0.414. The van der Waals surface area contributed by atoms with Gasteiger partial charge in [-0.1, -0.05) is 24.3 Å². The van der Waals surface area contributed by atoms with Crippen LogP contribution in [0.1, 0.15) is 21.6 Å². The van der Waals surface area contributed by atoms with Crippen LogP contribution in [0, 0.1) is 0 Å². The first kappa shape index (κ1) is 12.1. The van der Waals surface area contributed by atoms with E-state index in [-0.39, 0.29) is 18.3 Å². The minimum atomic E-state index is -0.259. The summed E-state index contributed by atoms with van der Waals surface area (Å²) in [6.07, 6.45) is 0. The van der Waals surface area contributed by atoms with Gasteiger partial charge in [-0.3, -0.25) is 9.89 Å². The lowest BCUT2D eigenvalue weighted by Gasteiger charge is -2.04. The third kappa shape index (κ3) is 2.86. The van der Waals surface area contributed by atoms with E-state index in [4.69, 9.17) is 10.8 Å². The number of rotatable bonds is 4. The summed E-state index contributed by atoms with van der Waals surface area (Å²) < 4.78 is 0. The van der Waals surface area contributed by atoms with Gasteiger partial charge < -0.3 is 16.2 Å². The van der Waals surface area contributed by atoms with Crippen LogP contribution < -0.4 is 11.1 Å². The minimum absolute atomic E-state index is 0.0139. The Morgan fingerprint density at radius 2 is 2.00 bits per heavy atom. The molecule has 1 heterocycles. The van der Waals surface area contributed by atoms with Crippen LogP contribution in [0.5, 0.6) is 0 Å². The largest absolute Gasteiger partial charge is 0.392 e. The zero-order chi connectivity index (χ0) is 13.0. The number of aromatic amines is 1. The second kappa shape index (κ2) is 5.33. The first-order chi connectivity index (χ1) is 8.69. The maximum atomic E-state index is 11.7. The Labute approximate surface area is 104 Å². The number of benzene rings is 1. The van der Waals surface area contributed by atoms with Crippen molar-refractivity contribution in [3.8, 4) is 0 Å². The predicted molar refractivity (Wildman–Crippen MR) is 66.5 cm³/mol. The molecule has 0 aliphatic carbocycles. The van der Waals surface area contributed by atoms with E-state index in [2.05, 4.69) is 15.5 Å². The number of H-pyrrole nitrogens is 1. The highest BCUT2D eigenvalue weighted by Gasteiger charge is 2.07. The molecular weight excluding hydrogens is 232 g/mol. The van der Waals surface area contributed by atoms with E-state index in [1.54, 1.807) is 0 Å². The number of carbonyl (C=O) groups excluding carboxylic acids is 1. The summed E-state index contributed by atoms with van der Waals surface area (Å²) in [5, 5.41) is 17.9. The molecule has 2 aromatic rings. The molecule has 1 aromatic heterocycles. The maximum absolute atomic E-state index is 11.7. The molecule has 0 spiro atoms. The number of nitrogens with zero attached hydrogens (tertiary/aromatic N) is 1. The van der Waals surface area contributed by atoms with E-state index in [0.29, 0.717) is 12.2 Å². The van der Waals surface area contributed by atoms with E-state index < -0.39 is 0 Å². The second-order valence-corrected chi connectivity index (χ2v) is 3.86. The molecule has 0 aliphatic rings. The maximum Gasteiger partial charge on any atom is 0.269 e. The third-order valence-corrected chi connectivity index (χ3v) is 2.50. The number of nitrogen functional groups attached to an aromatic ring is 1. The number of hydrogen-bond acceptors (Lipinski definition) is 4. The van der Waals surface area contributed by atoms with E-state index in [1.165, 1.54) is 6.07 Å². The average molecular weight is 246 g/mol. The topological polar surface area (TPSA) is 104 Å². The Hall–Kier alpha value is -2.34. The normalized spacial score (nSPS) is 10.3. The minimum Gasteiger partial charge on any atom is -0.392 e. The molecule has 6 nitrogen and oxygen atoms in total. The van der Waals surface area contributed by atoms with E-state index in [0.717, 1.165) is 11.1 Å². The Bertz CT molecular complexity index is 533. The zero-order valence-corrected chi connectivity index (χ0v) is 9.68. The summed E-state index contributed by atoms with van der Waals surface area (Å²) >= 11 is 0. The van der Waals surface area contributed by atoms with E-state index >= 15 is 0 Å². The lowest BCUT2D eigenvalue weighted by molar-refractivity contribution is 0.0946. The monoisotopic (exact) mass is 246 g/mol. The fraction of sp³-hybridized carbons (Fsp3) is 0.167. The highest BCUT2D eigenvalue weighted by molar-refractivity contribution is 5.92. The molecule has 0 saturated carbocycles. The molecule has 0 aliphatic heterocycles. The lowest BCUT2D eigenvalue weighted by atomic mass is 10.1. The van der Waals surface area contributed by atoms with Crippen LogP contribution in [0.2, 0.25) is 0 Å². The Morgan fingerprint density at radius 1 is 1.33 bits per heavy atom. The van der Waals surface area contributed by atoms with Gasteiger partial charge >= 0.3 is 0 Å². The fourth-order valence-corrected chi connectivity index (χ4v) is 1.49. The number of aromatic nitrogens is 2. The smallest absolute Gasteiger partial charge is 0.269 e. The van der Waals surface area contributed by atoms with Gasteiger partial charge in [-0.2, -0.15) is 5.10 Å². The number of aliphatic hydroxyl groups is 1. The van der Waals surface area contributed by atoms with Gasteiger partial charge in [0.25, 0.3) is 5.91 Å². The van der Waals surface area contributed by atoms with Crippen molar-refractivity contribution in [2.24, 2.45) is 0 Å². The number of hydrogen-bond donors (Lipinski definition) is 4. The summed E-state index contributed by atoms with van der Waals surface area (Å²) in [6, 6.07) is 8.82. The molecule has 1 aromatic carbocycles. The van der Waals surface area contributed by atoms with Crippen molar-refractivity contribution >= 4 is 11.7 Å². The number of anilines is 1. The van der Waals surface area contributed by atoms with Gasteiger partial charge in [-0.05, 0) is 11.1 Å². The molecule has 0 atom stereocenters. The molecule has 0 bridgehead atoms. The van der Waals surface area contributed by atoms with Crippen LogP contribution >= 0.6 is 0 Å². The first-order valence-corrected chi connectivity index (χ1v) is 5.47. The van der Waals surface area contributed by atoms with Gasteiger partial charge in [-0.25, -0.2) is 0 Å². The summed E-state index contributed by atoms with van der Waals surface area (Å²) in [4.78, 5) is 11.7. The van der Waals surface area contributed by atoms with Gasteiger partial charge in [0.1, 0.15) is 11.5 Å². The van der Waals surface area contributed by atoms with Crippen molar-refractivity contribution in [3.05, 3.63) is 47.2 Å². The van der Waals surface area contributed by atoms with E-state index in [1.807, 2.05) is 24.3 Å². The molecule has 0 saturated heterocycles.